The van der Waals surface area contributed by atoms with Gasteiger partial charge in [0.25, 0.3) is 0 Å². The van der Waals surface area contributed by atoms with E-state index in [0.29, 0.717) is 0 Å². The van der Waals surface area contributed by atoms with Crippen LogP contribution in [0.15, 0.2) is 36.5 Å². The minimum Gasteiger partial charge on any atom is -0.0985 e. The van der Waals surface area contributed by atoms with Crippen LogP contribution in [0.2, 0.25) is 0 Å². The third kappa shape index (κ3) is 1.32. The SMILES string of the molecule is C=CC(=C)C1=CCCC1. The van der Waals surface area contributed by atoms with E-state index in [9.17, 15) is 0 Å². The molecule has 0 atom stereocenters. The zero-order chi connectivity index (χ0) is 6.69. The molecule has 0 nitrogen and oxygen atoms in total. The van der Waals surface area contributed by atoms with Gasteiger partial charge >= 0.3 is 0 Å². The van der Waals surface area contributed by atoms with Gasteiger partial charge in [0.1, 0.15) is 0 Å². The maximum absolute atomic E-state index is 3.87. The average molecular weight is 120 g/mol. The first-order valence-corrected chi connectivity index (χ1v) is 3.35. The molecule has 0 unspecified atom stereocenters. The van der Waals surface area contributed by atoms with Crippen LogP contribution >= 0.6 is 0 Å². The highest BCUT2D eigenvalue weighted by molar-refractivity contribution is 5.37. The Kier molecular flexibility index (Phi) is 1.88. The molecule has 48 valence electrons. The predicted molar refractivity (Wildman–Crippen MR) is 41.3 cm³/mol. The molecule has 0 radical (unpaired) electrons. The van der Waals surface area contributed by atoms with Crippen LogP contribution in [-0.2, 0) is 0 Å². The van der Waals surface area contributed by atoms with E-state index in [2.05, 4.69) is 19.2 Å². The minimum absolute atomic E-state index is 1.10. The summed E-state index contributed by atoms with van der Waals surface area (Å²) in [6.07, 6.45) is 7.80. The first-order chi connectivity index (χ1) is 4.34. The van der Waals surface area contributed by atoms with Crippen molar-refractivity contribution in [1.29, 1.82) is 0 Å². The van der Waals surface area contributed by atoms with Crippen LogP contribution in [-0.4, -0.2) is 0 Å². The van der Waals surface area contributed by atoms with Crippen LogP contribution in [0.3, 0.4) is 0 Å². The molecule has 0 aromatic carbocycles. The number of hydrogen-bond donors (Lipinski definition) is 0. The third-order valence-electron chi connectivity index (χ3n) is 1.70. The molecule has 0 aromatic rings. The van der Waals surface area contributed by atoms with Crippen molar-refractivity contribution in [2.45, 2.75) is 19.3 Å². The lowest BCUT2D eigenvalue weighted by Crippen LogP contribution is -1.77. The molecular formula is C9H12. The van der Waals surface area contributed by atoms with E-state index in [1.165, 1.54) is 24.8 Å². The van der Waals surface area contributed by atoms with E-state index >= 15 is 0 Å². The second-order valence-corrected chi connectivity index (χ2v) is 2.35. The zero-order valence-corrected chi connectivity index (χ0v) is 5.69. The summed E-state index contributed by atoms with van der Waals surface area (Å²) in [5.74, 6) is 0. The molecule has 0 heteroatoms. The molecule has 0 saturated heterocycles. The van der Waals surface area contributed by atoms with Crippen molar-refractivity contribution in [2.75, 3.05) is 0 Å². The molecule has 0 bridgehead atoms. The zero-order valence-electron chi connectivity index (χ0n) is 5.69. The van der Waals surface area contributed by atoms with Gasteiger partial charge in [0, 0.05) is 0 Å². The van der Waals surface area contributed by atoms with Crippen molar-refractivity contribution >= 4 is 0 Å². The normalized spacial score (nSPS) is 17.1. The summed E-state index contributed by atoms with van der Waals surface area (Å²) in [6.45, 7) is 7.53. The van der Waals surface area contributed by atoms with Crippen LogP contribution in [0.25, 0.3) is 0 Å². The molecule has 1 rings (SSSR count). The van der Waals surface area contributed by atoms with Gasteiger partial charge in [0.15, 0.2) is 0 Å². The van der Waals surface area contributed by atoms with E-state index in [0.717, 1.165) is 5.57 Å². The van der Waals surface area contributed by atoms with E-state index < -0.39 is 0 Å². The summed E-state index contributed by atoms with van der Waals surface area (Å²) in [6, 6.07) is 0. The van der Waals surface area contributed by atoms with Gasteiger partial charge in [-0.05, 0) is 30.4 Å². The first kappa shape index (κ1) is 6.34. The molecule has 0 N–H and O–H groups in total. The van der Waals surface area contributed by atoms with Crippen LogP contribution < -0.4 is 0 Å². The van der Waals surface area contributed by atoms with E-state index in [1.807, 2.05) is 6.08 Å². The van der Waals surface area contributed by atoms with Gasteiger partial charge in [-0.1, -0.05) is 25.3 Å². The largest absolute Gasteiger partial charge is 0.0985 e. The second-order valence-electron chi connectivity index (χ2n) is 2.35. The summed E-state index contributed by atoms with van der Waals surface area (Å²) in [5.41, 5.74) is 2.50. The van der Waals surface area contributed by atoms with Crippen LogP contribution in [0, 0.1) is 0 Å². The molecule has 0 saturated carbocycles. The van der Waals surface area contributed by atoms with Crippen molar-refractivity contribution < 1.29 is 0 Å². The lowest BCUT2D eigenvalue weighted by atomic mass is 10.1. The summed E-state index contributed by atoms with van der Waals surface area (Å²) in [4.78, 5) is 0. The summed E-state index contributed by atoms with van der Waals surface area (Å²) in [5, 5.41) is 0. The van der Waals surface area contributed by atoms with Gasteiger partial charge in [-0.25, -0.2) is 0 Å². The Morgan fingerprint density at radius 3 is 2.89 bits per heavy atom. The van der Waals surface area contributed by atoms with E-state index in [1.54, 1.807) is 0 Å². The summed E-state index contributed by atoms with van der Waals surface area (Å²) < 4.78 is 0. The monoisotopic (exact) mass is 120 g/mol. The second kappa shape index (κ2) is 2.67. The van der Waals surface area contributed by atoms with Gasteiger partial charge in [0.2, 0.25) is 0 Å². The van der Waals surface area contributed by atoms with Crippen LogP contribution in [0.4, 0.5) is 0 Å². The van der Waals surface area contributed by atoms with Gasteiger partial charge in [-0.2, -0.15) is 0 Å². The van der Waals surface area contributed by atoms with Gasteiger partial charge in [-0.3, -0.25) is 0 Å². The molecular weight excluding hydrogens is 108 g/mol. The van der Waals surface area contributed by atoms with Crippen molar-refractivity contribution in [2.24, 2.45) is 0 Å². The summed E-state index contributed by atoms with van der Waals surface area (Å²) in [7, 11) is 0. The predicted octanol–water partition coefficient (Wildman–Crippen LogP) is 2.84. The third-order valence-corrected chi connectivity index (χ3v) is 1.70. The van der Waals surface area contributed by atoms with Gasteiger partial charge in [-0.15, -0.1) is 0 Å². The van der Waals surface area contributed by atoms with Crippen molar-refractivity contribution in [3.63, 3.8) is 0 Å². The fourth-order valence-corrected chi connectivity index (χ4v) is 1.09. The number of hydrogen-bond acceptors (Lipinski definition) is 0. The lowest BCUT2D eigenvalue weighted by molar-refractivity contribution is 0.913. The minimum atomic E-state index is 1.10. The van der Waals surface area contributed by atoms with Gasteiger partial charge < -0.3 is 0 Å². The molecule has 1 aliphatic carbocycles. The van der Waals surface area contributed by atoms with Gasteiger partial charge in [0.05, 0.1) is 0 Å². The Morgan fingerprint density at radius 2 is 2.44 bits per heavy atom. The number of allylic oxidation sites excluding steroid dienone is 4. The highest BCUT2D eigenvalue weighted by Gasteiger charge is 2.03. The van der Waals surface area contributed by atoms with Crippen LogP contribution in [0.1, 0.15) is 19.3 Å². The van der Waals surface area contributed by atoms with Crippen molar-refractivity contribution in [3.8, 4) is 0 Å². The Bertz CT molecular complexity index is 161. The molecule has 0 fully saturated rings. The standard InChI is InChI=1S/C9H12/c1-3-8(2)9-6-4-5-7-9/h3,6H,1-2,4-5,7H2. The maximum atomic E-state index is 3.87. The Labute approximate surface area is 56.6 Å². The highest BCUT2D eigenvalue weighted by atomic mass is 14.1. The maximum Gasteiger partial charge on any atom is -0.0273 e. The topological polar surface area (TPSA) is 0 Å². The summed E-state index contributed by atoms with van der Waals surface area (Å²) >= 11 is 0. The first-order valence-electron chi connectivity index (χ1n) is 3.35. The highest BCUT2D eigenvalue weighted by Crippen LogP contribution is 2.23. The Morgan fingerprint density at radius 1 is 1.67 bits per heavy atom. The fraction of sp³-hybridized carbons (Fsp3) is 0.333. The molecule has 0 aliphatic heterocycles. The number of rotatable bonds is 2. The quantitative estimate of drug-likeness (QED) is 0.491. The average Bonchev–Trinajstić information content (AvgIpc) is 2.37. The molecule has 9 heavy (non-hydrogen) atoms. The molecule has 0 spiro atoms. The Balaban J connectivity index is 2.61. The molecule has 0 amide bonds. The van der Waals surface area contributed by atoms with Crippen molar-refractivity contribution in [3.05, 3.63) is 36.5 Å². The molecule has 0 heterocycles. The van der Waals surface area contributed by atoms with Crippen molar-refractivity contribution in [1.82, 2.24) is 0 Å². The smallest absolute Gasteiger partial charge is 0.0273 e. The van der Waals surface area contributed by atoms with E-state index in [4.69, 9.17) is 0 Å². The Hall–Kier alpha value is -0.780. The fourth-order valence-electron chi connectivity index (χ4n) is 1.09. The lowest BCUT2D eigenvalue weighted by Gasteiger charge is -1.96. The van der Waals surface area contributed by atoms with E-state index in [-0.39, 0.29) is 0 Å². The van der Waals surface area contributed by atoms with Crippen LogP contribution in [0.5, 0.6) is 0 Å². The molecule has 1 aliphatic rings. The molecule has 0 aromatic heterocycles.